The number of ether oxygens (including phenoxy) is 4. The Kier molecular flexibility index (Phi) is 57.6. The van der Waals surface area contributed by atoms with Crippen LogP contribution in [0, 0.1) is 23.7 Å². The molecule has 6 atom stereocenters. The minimum Gasteiger partial charge on any atom is -0.462 e. The molecule has 0 aromatic rings. The lowest BCUT2D eigenvalue weighted by atomic mass is 9.99. The van der Waals surface area contributed by atoms with E-state index in [2.05, 4.69) is 55.4 Å². The van der Waals surface area contributed by atoms with E-state index in [-0.39, 0.29) is 25.7 Å². The van der Waals surface area contributed by atoms with Crippen LogP contribution >= 0.6 is 15.6 Å². The second kappa shape index (κ2) is 58.8. The maximum Gasteiger partial charge on any atom is 0.472 e. The van der Waals surface area contributed by atoms with Gasteiger partial charge in [-0.05, 0) is 49.4 Å². The number of phosphoric acid groups is 2. The molecule has 0 aromatic heterocycles. The molecule has 0 aliphatic rings. The quantitative estimate of drug-likeness (QED) is 0.0222. The van der Waals surface area contributed by atoms with E-state index in [1.807, 2.05) is 0 Å². The van der Waals surface area contributed by atoms with Crippen molar-refractivity contribution < 1.29 is 80.2 Å². The Bertz CT molecular complexity index is 1750. The lowest BCUT2D eigenvalue weighted by Crippen LogP contribution is -2.30. The van der Waals surface area contributed by atoms with E-state index in [4.69, 9.17) is 37.0 Å². The van der Waals surface area contributed by atoms with Crippen molar-refractivity contribution in [3.8, 4) is 0 Å². The van der Waals surface area contributed by atoms with Crippen molar-refractivity contribution in [3.05, 3.63) is 0 Å². The fourth-order valence-corrected chi connectivity index (χ4v) is 11.9. The highest BCUT2D eigenvalue weighted by atomic mass is 31.2. The number of esters is 4. The van der Waals surface area contributed by atoms with E-state index in [9.17, 15) is 43.2 Å². The summed E-state index contributed by atoms with van der Waals surface area (Å²) in [7, 11) is -9.90. The fraction of sp³-hybridized carbons (Fsp3) is 0.942. The van der Waals surface area contributed by atoms with Crippen molar-refractivity contribution in [2.45, 2.75) is 356 Å². The van der Waals surface area contributed by atoms with E-state index < -0.39 is 97.5 Å². The van der Waals surface area contributed by atoms with Crippen molar-refractivity contribution in [1.82, 2.24) is 0 Å². The summed E-state index contributed by atoms with van der Waals surface area (Å²) < 4.78 is 68.2. The third kappa shape index (κ3) is 61.6. The Labute approximate surface area is 537 Å². The number of aliphatic hydroxyl groups is 1. The van der Waals surface area contributed by atoms with Gasteiger partial charge in [0.15, 0.2) is 12.2 Å². The van der Waals surface area contributed by atoms with Crippen LogP contribution in [-0.4, -0.2) is 96.7 Å². The maximum atomic E-state index is 13.0. The van der Waals surface area contributed by atoms with Gasteiger partial charge >= 0.3 is 39.5 Å². The molecule has 0 saturated carbocycles. The van der Waals surface area contributed by atoms with E-state index >= 15 is 0 Å². The number of carbonyl (C=O) groups excluding carboxylic acids is 4. The van der Waals surface area contributed by atoms with Crippen LogP contribution in [0.5, 0.6) is 0 Å². The smallest absolute Gasteiger partial charge is 0.462 e. The molecule has 0 amide bonds. The molecule has 0 aliphatic carbocycles. The second-order valence-corrected chi connectivity index (χ2v) is 29.5. The van der Waals surface area contributed by atoms with Crippen LogP contribution in [0.4, 0.5) is 0 Å². The molecule has 3 N–H and O–H groups in total. The summed E-state index contributed by atoms with van der Waals surface area (Å²) >= 11 is 0. The number of unbranched alkanes of at least 4 members (excludes halogenated alkanes) is 31. The molecule has 17 nitrogen and oxygen atoms in total. The van der Waals surface area contributed by atoms with Crippen LogP contribution in [0.25, 0.3) is 0 Å². The average molecular weight is 1300 g/mol. The van der Waals surface area contributed by atoms with Crippen molar-refractivity contribution in [2.75, 3.05) is 39.6 Å². The number of hydrogen-bond donors (Lipinski definition) is 3. The number of hydrogen-bond acceptors (Lipinski definition) is 15. The van der Waals surface area contributed by atoms with Gasteiger partial charge in [-0.2, -0.15) is 0 Å². The number of rotatable bonds is 66. The molecular formula is C69H134O17P2. The molecule has 3 unspecified atom stereocenters. The third-order valence-corrected chi connectivity index (χ3v) is 18.1. The van der Waals surface area contributed by atoms with Crippen molar-refractivity contribution in [1.29, 1.82) is 0 Å². The summed E-state index contributed by atoms with van der Waals surface area (Å²) in [5.74, 6) is 0.845. The molecule has 0 fully saturated rings. The molecular weight excluding hydrogens is 1160 g/mol. The van der Waals surface area contributed by atoms with Gasteiger partial charge in [0.05, 0.1) is 26.4 Å². The molecule has 88 heavy (non-hydrogen) atoms. The first-order valence-corrected chi connectivity index (χ1v) is 38.7. The van der Waals surface area contributed by atoms with Crippen LogP contribution in [0.2, 0.25) is 0 Å². The van der Waals surface area contributed by atoms with Crippen LogP contribution in [0.15, 0.2) is 0 Å². The Hall–Kier alpha value is -1.94. The minimum atomic E-state index is -4.95. The van der Waals surface area contributed by atoms with Crippen LogP contribution in [0.3, 0.4) is 0 Å². The maximum absolute atomic E-state index is 13.0. The number of phosphoric ester groups is 2. The van der Waals surface area contributed by atoms with Gasteiger partial charge in [0.2, 0.25) is 0 Å². The van der Waals surface area contributed by atoms with Crippen molar-refractivity contribution in [3.63, 3.8) is 0 Å². The first kappa shape index (κ1) is 86.1. The average Bonchev–Trinajstić information content (AvgIpc) is 3.64. The van der Waals surface area contributed by atoms with E-state index in [1.165, 1.54) is 135 Å². The molecule has 0 heterocycles. The fourth-order valence-electron chi connectivity index (χ4n) is 10.3. The zero-order valence-corrected chi connectivity index (χ0v) is 59.1. The zero-order valence-electron chi connectivity index (χ0n) is 57.3. The molecule has 19 heteroatoms. The number of carbonyl (C=O) groups is 4. The first-order valence-electron chi connectivity index (χ1n) is 35.7. The molecule has 0 aliphatic heterocycles. The second-order valence-electron chi connectivity index (χ2n) is 26.6. The monoisotopic (exact) mass is 1300 g/mol. The summed E-state index contributed by atoms with van der Waals surface area (Å²) in [5, 5.41) is 10.6. The van der Waals surface area contributed by atoms with Crippen LogP contribution in [-0.2, 0) is 65.4 Å². The molecule has 522 valence electrons. The highest BCUT2D eigenvalue weighted by Crippen LogP contribution is 2.45. The molecule has 0 bridgehead atoms. The van der Waals surface area contributed by atoms with Gasteiger partial charge in [0, 0.05) is 25.7 Å². The third-order valence-electron chi connectivity index (χ3n) is 16.2. The van der Waals surface area contributed by atoms with E-state index in [1.54, 1.807) is 0 Å². The van der Waals surface area contributed by atoms with Crippen molar-refractivity contribution in [2.24, 2.45) is 23.7 Å². The topological polar surface area (TPSA) is 237 Å². The Morgan fingerprint density at radius 3 is 0.807 bits per heavy atom. The van der Waals surface area contributed by atoms with Crippen molar-refractivity contribution >= 4 is 39.5 Å². The van der Waals surface area contributed by atoms with Crippen LogP contribution in [0.1, 0.15) is 338 Å². The Balaban J connectivity index is 5.26. The first-order chi connectivity index (χ1) is 42.1. The predicted octanol–water partition coefficient (Wildman–Crippen LogP) is 19.3. The van der Waals surface area contributed by atoms with E-state index in [0.29, 0.717) is 31.6 Å². The largest absolute Gasteiger partial charge is 0.472 e. The summed E-state index contributed by atoms with van der Waals surface area (Å²) in [6, 6.07) is 0. The van der Waals surface area contributed by atoms with Gasteiger partial charge in [-0.3, -0.25) is 37.3 Å². The lowest BCUT2D eigenvalue weighted by molar-refractivity contribution is -0.161. The van der Waals surface area contributed by atoms with E-state index in [0.717, 1.165) is 114 Å². The standard InChI is InChI=1S/C69H134O17P2/c1-9-62(8)48-40-32-23-17-11-13-18-24-33-41-49-66(71)79-55-64(85-68(73)51-43-35-25-19-12-10-15-21-29-37-45-59(2)3)57-83-87(75,76)81-53-63(70)54-82-88(77,78)84-58-65(56-80-67(72)50-42-34-28-27-31-39-47-61(6)7)86-69(74)52-44-36-26-20-14-16-22-30-38-46-60(4)5/h59-65,70H,9-58H2,1-8H3,(H,75,76)(H,77,78)/t62?,63-,64-,65-/m1/s1. The lowest BCUT2D eigenvalue weighted by Gasteiger charge is -2.21. The van der Waals surface area contributed by atoms with Gasteiger partial charge in [-0.15, -0.1) is 0 Å². The highest BCUT2D eigenvalue weighted by molar-refractivity contribution is 7.47. The van der Waals surface area contributed by atoms with Gasteiger partial charge in [0.25, 0.3) is 0 Å². The normalized spacial score (nSPS) is 14.6. The number of aliphatic hydroxyl groups excluding tert-OH is 1. The molecule has 0 radical (unpaired) electrons. The zero-order chi connectivity index (χ0) is 65.4. The van der Waals surface area contributed by atoms with Gasteiger partial charge < -0.3 is 33.8 Å². The Morgan fingerprint density at radius 1 is 0.318 bits per heavy atom. The van der Waals surface area contributed by atoms with Gasteiger partial charge in [-0.25, -0.2) is 9.13 Å². The SMILES string of the molecule is CCC(C)CCCCCCCCCCCCC(=O)OC[C@H](COP(=O)(O)OC[C@@H](O)COP(=O)(O)OC[C@@H](COC(=O)CCCCCCCCC(C)C)OC(=O)CCCCCCCCCCCC(C)C)OC(=O)CCCCCCCCCCCCC(C)C. The molecule has 0 spiro atoms. The minimum absolute atomic E-state index is 0.104. The van der Waals surface area contributed by atoms with Gasteiger partial charge in [0.1, 0.15) is 19.3 Å². The summed E-state index contributed by atoms with van der Waals surface area (Å²) in [6.07, 6.45) is 40.4. The summed E-state index contributed by atoms with van der Waals surface area (Å²) in [4.78, 5) is 72.5. The summed E-state index contributed by atoms with van der Waals surface area (Å²) in [5.41, 5.74) is 0. The predicted molar refractivity (Wildman–Crippen MR) is 354 cm³/mol. The highest BCUT2D eigenvalue weighted by Gasteiger charge is 2.30. The molecule has 0 rings (SSSR count). The molecule has 0 saturated heterocycles. The van der Waals surface area contributed by atoms with Crippen LogP contribution < -0.4 is 0 Å². The van der Waals surface area contributed by atoms with Gasteiger partial charge in [-0.1, -0.05) is 287 Å². The Morgan fingerprint density at radius 2 is 0.545 bits per heavy atom. The summed E-state index contributed by atoms with van der Waals surface area (Å²) in [6.45, 7) is 14.1. The molecule has 0 aromatic carbocycles.